The van der Waals surface area contributed by atoms with Gasteiger partial charge in [-0.2, -0.15) is 0 Å². The first-order chi connectivity index (χ1) is 8.11. The molecular weight excluding hydrogens is 214 g/mol. The minimum atomic E-state index is -0.836. The molecule has 0 radical (unpaired) electrons. The van der Waals surface area contributed by atoms with E-state index in [1.165, 1.54) is 18.4 Å². The number of carbonyl (C=O) groups is 1. The Balaban J connectivity index is 2.47. The van der Waals surface area contributed by atoms with Crippen LogP contribution in [0.3, 0.4) is 0 Å². The van der Waals surface area contributed by atoms with Crippen LogP contribution in [-0.4, -0.2) is 17.1 Å². The fourth-order valence-corrected chi connectivity index (χ4v) is 1.82. The summed E-state index contributed by atoms with van der Waals surface area (Å²) < 4.78 is 0. The van der Waals surface area contributed by atoms with Crippen LogP contribution in [0.1, 0.15) is 37.3 Å². The van der Waals surface area contributed by atoms with Crippen molar-refractivity contribution in [3.05, 3.63) is 35.4 Å². The number of rotatable bonds is 7. The van der Waals surface area contributed by atoms with Gasteiger partial charge >= 0.3 is 5.97 Å². The van der Waals surface area contributed by atoms with E-state index < -0.39 is 5.97 Å². The summed E-state index contributed by atoms with van der Waals surface area (Å²) in [6.45, 7) is 2.18. The summed E-state index contributed by atoms with van der Waals surface area (Å²) in [5.74, 6) is -0.836. The van der Waals surface area contributed by atoms with Gasteiger partial charge in [-0.25, -0.2) is 0 Å². The topological polar surface area (TPSA) is 63.3 Å². The van der Waals surface area contributed by atoms with Crippen LogP contribution in [-0.2, 0) is 17.6 Å². The molecule has 1 aromatic rings. The van der Waals surface area contributed by atoms with E-state index in [4.69, 9.17) is 10.8 Å². The Kier molecular flexibility index (Phi) is 5.70. The number of benzene rings is 1. The minimum absolute atomic E-state index is 0.0254. The lowest BCUT2D eigenvalue weighted by Crippen LogP contribution is -2.26. The van der Waals surface area contributed by atoms with E-state index in [0.717, 1.165) is 12.0 Å². The lowest BCUT2D eigenvalue weighted by molar-refractivity contribution is -0.137. The number of unbranched alkanes of at least 4 members (excludes halogenated alkanes) is 1. The molecular formula is C14H21NO2. The minimum Gasteiger partial charge on any atom is -0.481 e. The molecule has 0 bridgehead atoms. The van der Waals surface area contributed by atoms with Crippen LogP contribution < -0.4 is 5.73 Å². The van der Waals surface area contributed by atoms with Crippen LogP contribution in [0.25, 0.3) is 0 Å². The number of carboxylic acids is 1. The van der Waals surface area contributed by atoms with Crippen molar-refractivity contribution < 1.29 is 9.90 Å². The highest BCUT2D eigenvalue weighted by Crippen LogP contribution is 2.10. The molecule has 0 heterocycles. The van der Waals surface area contributed by atoms with E-state index in [9.17, 15) is 4.79 Å². The molecule has 1 atom stereocenters. The predicted octanol–water partition coefficient (Wildman–Crippen LogP) is 2.37. The molecule has 0 amide bonds. The van der Waals surface area contributed by atoms with Gasteiger partial charge in [0.15, 0.2) is 0 Å². The maximum atomic E-state index is 10.5. The molecule has 17 heavy (non-hydrogen) atoms. The molecule has 0 unspecified atom stereocenters. The van der Waals surface area contributed by atoms with Crippen molar-refractivity contribution in [3.63, 3.8) is 0 Å². The van der Waals surface area contributed by atoms with Gasteiger partial charge in [0.05, 0.1) is 6.42 Å². The number of aliphatic carboxylic acids is 1. The third-order valence-corrected chi connectivity index (χ3v) is 2.78. The standard InChI is InChI=1S/C14H21NO2/c1-2-3-4-11-5-7-12(8-6-11)9-13(15)10-14(16)17/h5-8,13H,2-4,9-10,15H2,1H3,(H,16,17)/t13-/m1/s1. The Hall–Kier alpha value is -1.35. The third kappa shape index (κ3) is 5.50. The van der Waals surface area contributed by atoms with E-state index in [1.54, 1.807) is 0 Å². The fourth-order valence-electron chi connectivity index (χ4n) is 1.82. The fraction of sp³-hybridized carbons (Fsp3) is 0.500. The summed E-state index contributed by atoms with van der Waals surface area (Å²) in [5, 5.41) is 8.62. The third-order valence-electron chi connectivity index (χ3n) is 2.78. The van der Waals surface area contributed by atoms with Crippen LogP contribution in [0.2, 0.25) is 0 Å². The first kappa shape index (κ1) is 13.7. The maximum absolute atomic E-state index is 10.5. The quantitative estimate of drug-likeness (QED) is 0.762. The Morgan fingerprint density at radius 3 is 2.41 bits per heavy atom. The normalized spacial score (nSPS) is 12.4. The van der Waals surface area contributed by atoms with Gasteiger partial charge in [-0.1, -0.05) is 37.6 Å². The zero-order valence-electron chi connectivity index (χ0n) is 10.4. The highest BCUT2D eigenvalue weighted by Gasteiger charge is 2.08. The molecule has 3 nitrogen and oxygen atoms in total. The molecule has 0 fully saturated rings. The van der Waals surface area contributed by atoms with E-state index >= 15 is 0 Å². The molecule has 0 aliphatic rings. The highest BCUT2D eigenvalue weighted by molar-refractivity contribution is 5.67. The highest BCUT2D eigenvalue weighted by atomic mass is 16.4. The zero-order chi connectivity index (χ0) is 12.7. The largest absolute Gasteiger partial charge is 0.481 e. The maximum Gasteiger partial charge on any atom is 0.304 e. The second-order valence-corrected chi connectivity index (χ2v) is 4.48. The average molecular weight is 235 g/mol. The summed E-state index contributed by atoms with van der Waals surface area (Å²) in [5.41, 5.74) is 8.19. The molecule has 0 saturated carbocycles. The molecule has 3 heteroatoms. The van der Waals surface area contributed by atoms with Crippen molar-refractivity contribution in [2.75, 3.05) is 0 Å². The first-order valence-corrected chi connectivity index (χ1v) is 6.17. The summed E-state index contributed by atoms with van der Waals surface area (Å²) in [4.78, 5) is 10.5. The molecule has 1 rings (SSSR count). The van der Waals surface area contributed by atoms with Crippen LogP contribution in [0, 0.1) is 0 Å². The Morgan fingerprint density at radius 1 is 1.29 bits per heavy atom. The summed E-state index contributed by atoms with van der Waals surface area (Å²) in [7, 11) is 0. The van der Waals surface area contributed by atoms with Gasteiger partial charge in [0.1, 0.15) is 0 Å². The summed E-state index contributed by atoms with van der Waals surface area (Å²) in [6.07, 6.45) is 4.17. The second kappa shape index (κ2) is 7.07. The van der Waals surface area contributed by atoms with E-state index in [0.29, 0.717) is 6.42 Å². The van der Waals surface area contributed by atoms with Gasteiger partial charge in [-0.3, -0.25) is 4.79 Å². The number of aryl methyl sites for hydroxylation is 1. The van der Waals surface area contributed by atoms with Crippen molar-refractivity contribution in [2.24, 2.45) is 5.73 Å². The average Bonchev–Trinajstić information content (AvgIpc) is 2.27. The van der Waals surface area contributed by atoms with E-state index in [1.807, 2.05) is 12.1 Å². The van der Waals surface area contributed by atoms with E-state index in [-0.39, 0.29) is 12.5 Å². The predicted molar refractivity (Wildman–Crippen MR) is 69.0 cm³/mol. The lowest BCUT2D eigenvalue weighted by atomic mass is 10.0. The Bertz CT molecular complexity index is 346. The van der Waals surface area contributed by atoms with Gasteiger partial charge in [0.25, 0.3) is 0 Å². The number of nitrogens with two attached hydrogens (primary N) is 1. The zero-order valence-corrected chi connectivity index (χ0v) is 10.4. The molecule has 0 saturated heterocycles. The molecule has 0 aromatic heterocycles. The van der Waals surface area contributed by atoms with Gasteiger partial charge in [-0.15, -0.1) is 0 Å². The smallest absolute Gasteiger partial charge is 0.304 e. The Labute approximate surface area is 103 Å². The molecule has 1 aromatic carbocycles. The molecule has 0 aliphatic heterocycles. The lowest BCUT2D eigenvalue weighted by Gasteiger charge is -2.09. The molecule has 0 spiro atoms. The van der Waals surface area contributed by atoms with Gasteiger partial charge in [0.2, 0.25) is 0 Å². The Morgan fingerprint density at radius 2 is 1.88 bits per heavy atom. The summed E-state index contributed by atoms with van der Waals surface area (Å²) in [6, 6.07) is 8.02. The number of carboxylic acid groups (broad SMARTS) is 1. The van der Waals surface area contributed by atoms with Crippen molar-refractivity contribution in [1.29, 1.82) is 0 Å². The van der Waals surface area contributed by atoms with Crippen molar-refractivity contribution in [2.45, 2.75) is 45.1 Å². The van der Waals surface area contributed by atoms with Gasteiger partial charge < -0.3 is 10.8 Å². The number of hydrogen-bond acceptors (Lipinski definition) is 2. The second-order valence-electron chi connectivity index (χ2n) is 4.48. The molecule has 0 aliphatic carbocycles. The van der Waals surface area contributed by atoms with Gasteiger partial charge in [0, 0.05) is 6.04 Å². The monoisotopic (exact) mass is 235 g/mol. The van der Waals surface area contributed by atoms with Crippen LogP contribution in [0.4, 0.5) is 0 Å². The van der Waals surface area contributed by atoms with Crippen LogP contribution in [0.15, 0.2) is 24.3 Å². The molecule has 3 N–H and O–H groups in total. The van der Waals surface area contributed by atoms with Crippen molar-refractivity contribution in [1.82, 2.24) is 0 Å². The summed E-state index contributed by atoms with van der Waals surface area (Å²) >= 11 is 0. The van der Waals surface area contributed by atoms with Gasteiger partial charge in [-0.05, 0) is 30.4 Å². The van der Waals surface area contributed by atoms with Crippen molar-refractivity contribution >= 4 is 5.97 Å². The SMILES string of the molecule is CCCCc1ccc(C[C@@H](N)CC(=O)O)cc1. The van der Waals surface area contributed by atoms with Crippen LogP contribution in [0.5, 0.6) is 0 Å². The van der Waals surface area contributed by atoms with E-state index in [2.05, 4.69) is 19.1 Å². The number of hydrogen-bond donors (Lipinski definition) is 2. The molecule has 94 valence electrons. The van der Waals surface area contributed by atoms with Crippen molar-refractivity contribution in [3.8, 4) is 0 Å². The van der Waals surface area contributed by atoms with Crippen LogP contribution >= 0.6 is 0 Å². The first-order valence-electron chi connectivity index (χ1n) is 6.17.